The SMILES string of the molecule is C=CC(=O)OCCOC(=O)C1CCC(C(=O)Oc2ccc(-c3ccccc3)c(Cl)c2)CC1. The molecule has 0 saturated heterocycles. The zero-order valence-electron chi connectivity index (χ0n) is 17.6. The molecule has 7 heteroatoms. The fourth-order valence-electron chi connectivity index (χ4n) is 3.64. The number of carbonyl (C=O) groups excluding carboxylic acids is 3. The molecule has 32 heavy (non-hydrogen) atoms. The number of esters is 3. The highest BCUT2D eigenvalue weighted by Gasteiger charge is 2.32. The summed E-state index contributed by atoms with van der Waals surface area (Å²) in [6.07, 6.45) is 3.21. The van der Waals surface area contributed by atoms with Gasteiger partial charge in [-0.3, -0.25) is 9.59 Å². The topological polar surface area (TPSA) is 78.9 Å². The van der Waals surface area contributed by atoms with E-state index < -0.39 is 5.97 Å². The van der Waals surface area contributed by atoms with Crippen LogP contribution in [0.3, 0.4) is 0 Å². The molecule has 3 rings (SSSR count). The summed E-state index contributed by atoms with van der Waals surface area (Å²) in [5, 5.41) is 0.506. The van der Waals surface area contributed by atoms with Crippen LogP contribution >= 0.6 is 11.6 Å². The van der Waals surface area contributed by atoms with E-state index in [4.69, 9.17) is 25.8 Å². The van der Waals surface area contributed by atoms with E-state index in [-0.39, 0.29) is 37.0 Å². The molecule has 0 heterocycles. The number of ether oxygens (including phenoxy) is 3. The molecule has 0 amide bonds. The molecular formula is C25H25ClO6. The molecule has 6 nitrogen and oxygen atoms in total. The van der Waals surface area contributed by atoms with Gasteiger partial charge < -0.3 is 14.2 Å². The average Bonchev–Trinajstić information content (AvgIpc) is 2.82. The van der Waals surface area contributed by atoms with Crippen molar-refractivity contribution in [1.82, 2.24) is 0 Å². The van der Waals surface area contributed by atoms with Crippen LogP contribution in [0.4, 0.5) is 0 Å². The molecule has 0 N–H and O–H groups in total. The van der Waals surface area contributed by atoms with Crippen molar-refractivity contribution in [3.8, 4) is 16.9 Å². The van der Waals surface area contributed by atoms with E-state index in [0.29, 0.717) is 36.5 Å². The molecule has 1 aliphatic carbocycles. The average molecular weight is 457 g/mol. The third-order valence-corrected chi connectivity index (χ3v) is 5.69. The Labute approximate surface area is 192 Å². The van der Waals surface area contributed by atoms with Crippen molar-refractivity contribution in [2.45, 2.75) is 25.7 Å². The maximum Gasteiger partial charge on any atom is 0.330 e. The minimum absolute atomic E-state index is 0.000119. The van der Waals surface area contributed by atoms with Crippen LogP contribution < -0.4 is 4.74 Å². The fraction of sp³-hybridized carbons (Fsp3) is 0.320. The fourth-order valence-corrected chi connectivity index (χ4v) is 3.92. The normalized spacial score (nSPS) is 17.8. The lowest BCUT2D eigenvalue weighted by Crippen LogP contribution is -2.30. The largest absolute Gasteiger partial charge is 0.462 e. The summed E-state index contributed by atoms with van der Waals surface area (Å²) in [5.41, 5.74) is 1.85. The summed E-state index contributed by atoms with van der Waals surface area (Å²) in [5.74, 6) is -1.37. The number of benzene rings is 2. The smallest absolute Gasteiger partial charge is 0.330 e. The molecule has 0 spiro atoms. The van der Waals surface area contributed by atoms with Gasteiger partial charge >= 0.3 is 17.9 Å². The van der Waals surface area contributed by atoms with Crippen molar-refractivity contribution in [2.24, 2.45) is 11.8 Å². The maximum atomic E-state index is 12.6. The van der Waals surface area contributed by atoms with Crippen molar-refractivity contribution in [3.63, 3.8) is 0 Å². The molecule has 168 valence electrons. The maximum absolute atomic E-state index is 12.6. The predicted octanol–water partition coefficient (Wildman–Crippen LogP) is 4.99. The van der Waals surface area contributed by atoms with E-state index in [0.717, 1.165) is 17.2 Å². The molecule has 0 atom stereocenters. The lowest BCUT2D eigenvalue weighted by Gasteiger charge is -2.25. The summed E-state index contributed by atoms with van der Waals surface area (Å²) in [4.78, 5) is 35.7. The van der Waals surface area contributed by atoms with Gasteiger partial charge in [-0.1, -0.05) is 48.5 Å². The zero-order chi connectivity index (χ0) is 22.9. The van der Waals surface area contributed by atoms with E-state index in [1.807, 2.05) is 36.4 Å². The minimum Gasteiger partial charge on any atom is -0.462 e. The van der Waals surface area contributed by atoms with Gasteiger partial charge in [-0.2, -0.15) is 0 Å². The third kappa shape index (κ3) is 6.44. The van der Waals surface area contributed by atoms with Gasteiger partial charge in [0.1, 0.15) is 19.0 Å². The van der Waals surface area contributed by atoms with Crippen LogP contribution in [0.15, 0.2) is 61.2 Å². The number of hydrogen-bond donors (Lipinski definition) is 0. The quantitative estimate of drug-likeness (QED) is 0.241. The molecule has 1 aliphatic rings. The highest BCUT2D eigenvalue weighted by Crippen LogP contribution is 2.33. The second-order valence-corrected chi connectivity index (χ2v) is 7.92. The molecule has 0 radical (unpaired) electrons. The van der Waals surface area contributed by atoms with Crippen molar-refractivity contribution in [2.75, 3.05) is 13.2 Å². The molecule has 1 saturated carbocycles. The molecule has 0 bridgehead atoms. The van der Waals surface area contributed by atoms with E-state index in [9.17, 15) is 14.4 Å². The second kappa shape index (κ2) is 11.5. The first-order valence-corrected chi connectivity index (χ1v) is 10.9. The Morgan fingerprint density at radius 3 is 2.16 bits per heavy atom. The Morgan fingerprint density at radius 2 is 1.53 bits per heavy atom. The zero-order valence-corrected chi connectivity index (χ0v) is 18.4. The Morgan fingerprint density at radius 1 is 0.906 bits per heavy atom. The van der Waals surface area contributed by atoms with Gasteiger partial charge in [0.25, 0.3) is 0 Å². The molecule has 2 aromatic carbocycles. The Bertz CT molecular complexity index is 964. The van der Waals surface area contributed by atoms with E-state index in [1.165, 1.54) is 0 Å². The summed E-state index contributed by atoms with van der Waals surface area (Å²) in [6.45, 7) is 3.28. The lowest BCUT2D eigenvalue weighted by molar-refractivity contribution is -0.155. The van der Waals surface area contributed by atoms with E-state index >= 15 is 0 Å². The summed E-state index contributed by atoms with van der Waals surface area (Å²) < 4.78 is 15.5. The second-order valence-electron chi connectivity index (χ2n) is 7.52. The van der Waals surface area contributed by atoms with Gasteiger partial charge in [0.15, 0.2) is 0 Å². The highest BCUT2D eigenvalue weighted by atomic mass is 35.5. The standard InChI is InChI=1S/C25H25ClO6/c1-2-23(27)30-14-15-31-24(28)18-8-10-19(11-9-18)25(29)32-20-12-13-21(22(26)16-20)17-6-4-3-5-7-17/h2-7,12-13,16,18-19H,1,8-11,14-15H2. The molecule has 0 aliphatic heterocycles. The van der Waals surface area contributed by atoms with Crippen molar-refractivity contribution >= 4 is 29.5 Å². The van der Waals surface area contributed by atoms with Crippen molar-refractivity contribution < 1.29 is 28.6 Å². The first-order chi connectivity index (χ1) is 15.5. The van der Waals surface area contributed by atoms with E-state index in [2.05, 4.69) is 6.58 Å². The van der Waals surface area contributed by atoms with Crippen LogP contribution in [0.5, 0.6) is 5.75 Å². The Kier molecular flexibility index (Phi) is 8.45. The van der Waals surface area contributed by atoms with Crippen LogP contribution in [-0.2, 0) is 23.9 Å². The predicted molar refractivity (Wildman–Crippen MR) is 120 cm³/mol. The number of rotatable bonds is 8. The van der Waals surface area contributed by atoms with Crippen LogP contribution in [0.2, 0.25) is 5.02 Å². The van der Waals surface area contributed by atoms with E-state index in [1.54, 1.807) is 12.1 Å². The van der Waals surface area contributed by atoms with Gasteiger partial charge in [-0.15, -0.1) is 0 Å². The summed E-state index contributed by atoms with van der Waals surface area (Å²) >= 11 is 6.39. The van der Waals surface area contributed by atoms with Gasteiger partial charge in [0.05, 0.1) is 16.9 Å². The first kappa shape index (κ1) is 23.5. The van der Waals surface area contributed by atoms with Crippen LogP contribution in [-0.4, -0.2) is 31.1 Å². The van der Waals surface area contributed by atoms with Crippen molar-refractivity contribution in [3.05, 3.63) is 66.2 Å². The molecule has 0 aromatic heterocycles. The summed E-state index contributed by atoms with van der Waals surface area (Å²) in [6, 6.07) is 14.9. The monoisotopic (exact) mass is 456 g/mol. The van der Waals surface area contributed by atoms with Gasteiger partial charge in [-0.25, -0.2) is 4.79 Å². The van der Waals surface area contributed by atoms with Crippen LogP contribution in [0.1, 0.15) is 25.7 Å². The van der Waals surface area contributed by atoms with Gasteiger partial charge in [0, 0.05) is 17.7 Å². The van der Waals surface area contributed by atoms with Gasteiger partial charge in [-0.05, 0) is 43.4 Å². The third-order valence-electron chi connectivity index (χ3n) is 5.38. The summed E-state index contributed by atoms with van der Waals surface area (Å²) in [7, 11) is 0. The number of carbonyl (C=O) groups is 3. The Balaban J connectivity index is 1.45. The molecule has 2 aromatic rings. The van der Waals surface area contributed by atoms with Crippen molar-refractivity contribution in [1.29, 1.82) is 0 Å². The molecule has 1 fully saturated rings. The minimum atomic E-state index is -0.559. The van der Waals surface area contributed by atoms with Gasteiger partial charge in [0.2, 0.25) is 0 Å². The molecule has 0 unspecified atom stereocenters. The Hall–Kier alpha value is -3.12. The molecular weight excluding hydrogens is 432 g/mol. The lowest BCUT2D eigenvalue weighted by atomic mass is 9.82. The van der Waals surface area contributed by atoms with Crippen LogP contribution in [0.25, 0.3) is 11.1 Å². The first-order valence-electron chi connectivity index (χ1n) is 10.5. The number of halogens is 1. The number of hydrogen-bond acceptors (Lipinski definition) is 6. The van der Waals surface area contributed by atoms with Crippen LogP contribution in [0, 0.1) is 11.8 Å². The highest BCUT2D eigenvalue weighted by molar-refractivity contribution is 6.33.